The summed E-state index contributed by atoms with van der Waals surface area (Å²) >= 11 is 0. The first-order valence-corrected chi connectivity index (χ1v) is 11.6. The predicted octanol–water partition coefficient (Wildman–Crippen LogP) is 0.875. The van der Waals surface area contributed by atoms with E-state index in [0.29, 0.717) is 42.8 Å². The molecule has 3 rings (SSSR count). The maximum atomic E-state index is 12.5. The van der Waals surface area contributed by atoms with Crippen LogP contribution in [-0.4, -0.2) is 47.6 Å². The van der Waals surface area contributed by atoms with Crippen LogP contribution >= 0.6 is 0 Å². The number of hydrogen-bond donors (Lipinski definition) is 3. The van der Waals surface area contributed by atoms with Crippen LogP contribution in [0, 0.1) is 6.92 Å². The predicted molar refractivity (Wildman–Crippen MR) is 118 cm³/mol. The number of aromatic nitrogens is 4. The molecule has 11 nitrogen and oxygen atoms in total. The summed E-state index contributed by atoms with van der Waals surface area (Å²) in [5.74, 6) is 0.364. The molecule has 3 aromatic rings. The molecule has 0 atom stereocenters. The highest BCUT2D eigenvalue weighted by atomic mass is 32.2. The molecule has 0 aliphatic heterocycles. The molecule has 0 aliphatic carbocycles. The molecule has 0 radical (unpaired) electrons. The summed E-state index contributed by atoms with van der Waals surface area (Å²) in [4.78, 5) is 34.5. The van der Waals surface area contributed by atoms with E-state index in [1.807, 2.05) is 0 Å². The van der Waals surface area contributed by atoms with Crippen LogP contribution in [0.15, 0.2) is 34.0 Å². The molecule has 32 heavy (non-hydrogen) atoms. The monoisotopic (exact) mass is 462 g/mol. The Balaban J connectivity index is 1.52. The van der Waals surface area contributed by atoms with Crippen LogP contribution in [0.25, 0.3) is 11.2 Å². The Morgan fingerprint density at radius 1 is 1.22 bits per heavy atom. The van der Waals surface area contributed by atoms with E-state index in [1.54, 1.807) is 19.1 Å². The number of imidazole rings is 1. The van der Waals surface area contributed by atoms with E-state index in [1.165, 1.54) is 23.8 Å². The molecule has 0 spiro atoms. The van der Waals surface area contributed by atoms with E-state index in [0.717, 1.165) is 5.56 Å². The van der Waals surface area contributed by atoms with Crippen LogP contribution in [0.1, 0.15) is 30.7 Å². The van der Waals surface area contributed by atoms with E-state index in [-0.39, 0.29) is 35.3 Å². The van der Waals surface area contributed by atoms with E-state index >= 15 is 0 Å². The van der Waals surface area contributed by atoms with Gasteiger partial charge in [0.25, 0.3) is 0 Å². The maximum absolute atomic E-state index is 12.5. The number of rotatable bonds is 10. The van der Waals surface area contributed by atoms with Crippen molar-refractivity contribution in [2.24, 2.45) is 0 Å². The van der Waals surface area contributed by atoms with Gasteiger partial charge in [-0.3, -0.25) is 9.36 Å². The number of nitrogens with one attached hydrogen (secondary N) is 2. The maximum Gasteiger partial charge on any atom is 0.327 e. The molecule has 0 amide bonds. The minimum absolute atomic E-state index is 0.148. The van der Waals surface area contributed by atoms with E-state index in [9.17, 15) is 18.0 Å². The zero-order valence-electron chi connectivity index (χ0n) is 17.9. The molecule has 4 N–H and O–H groups in total. The number of aromatic amines is 1. The second-order valence-electron chi connectivity index (χ2n) is 7.26. The quantitative estimate of drug-likeness (QED) is 0.295. The Morgan fingerprint density at radius 2 is 1.94 bits per heavy atom. The standard InChI is InChI=1S/C20H26N6O5S/c1-13-23-18(21)17-19(24-13)26(20(28)25-17)12-4-3-11-22-32(29,30)15-8-5-14(6-9-15)7-10-16(27)31-2/h5-6,8-9,22H,3-4,7,10-12H2,1-2H3,(H,25,28)(H2,21,23,24). The van der Waals surface area contributed by atoms with Gasteiger partial charge in [-0.1, -0.05) is 12.1 Å². The summed E-state index contributed by atoms with van der Waals surface area (Å²) in [7, 11) is -2.33. The summed E-state index contributed by atoms with van der Waals surface area (Å²) in [6.07, 6.45) is 1.79. The highest BCUT2D eigenvalue weighted by Gasteiger charge is 2.15. The van der Waals surface area contributed by atoms with Gasteiger partial charge in [-0.25, -0.2) is 27.9 Å². The second-order valence-corrected chi connectivity index (χ2v) is 9.03. The highest BCUT2D eigenvalue weighted by molar-refractivity contribution is 7.89. The van der Waals surface area contributed by atoms with Crippen molar-refractivity contribution in [2.75, 3.05) is 19.4 Å². The lowest BCUT2D eigenvalue weighted by Gasteiger charge is -2.08. The number of fused-ring (bicyclic) bond motifs is 1. The third-order valence-electron chi connectivity index (χ3n) is 4.94. The van der Waals surface area contributed by atoms with Crippen molar-refractivity contribution < 1.29 is 17.9 Å². The van der Waals surface area contributed by atoms with Gasteiger partial charge in [0, 0.05) is 19.5 Å². The fourth-order valence-corrected chi connectivity index (χ4v) is 4.31. The molecular formula is C20H26N6O5S. The summed E-state index contributed by atoms with van der Waals surface area (Å²) < 4.78 is 33.6. The normalized spacial score (nSPS) is 11.7. The number of esters is 1. The minimum atomic E-state index is -3.65. The molecule has 172 valence electrons. The van der Waals surface area contributed by atoms with Gasteiger partial charge >= 0.3 is 11.7 Å². The van der Waals surface area contributed by atoms with Crippen LogP contribution in [0.2, 0.25) is 0 Å². The van der Waals surface area contributed by atoms with Crippen LogP contribution < -0.4 is 16.1 Å². The van der Waals surface area contributed by atoms with Gasteiger partial charge in [0.05, 0.1) is 12.0 Å². The molecule has 2 heterocycles. The number of hydrogen-bond acceptors (Lipinski definition) is 8. The van der Waals surface area contributed by atoms with Crippen LogP contribution in [-0.2, 0) is 32.5 Å². The van der Waals surface area contributed by atoms with Crippen LogP contribution in [0.5, 0.6) is 0 Å². The summed E-state index contributed by atoms with van der Waals surface area (Å²) in [6, 6.07) is 6.37. The Hall–Kier alpha value is -3.25. The van der Waals surface area contributed by atoms with Crippen molar-refractivity contribution in [2.45, 2.75) is 44.0 Å². The smallest absolute Gasteiger partial charge is 0.327 e. The zero-order valence-corrected chi connectivity index (χ0v) is 18.7. The van der Waals surface area contributed by atoms with Crippen molar-refractivity contribution in [1.82, 2.24) is 24.2 Å². The van der Waals surface area contributed by atoms with Crippen molar-refractivity contribution in [1.29, 1.82) is 0 Å². The average Bonchev–Trinajstić information content (AvgIpc) is 3.07. The van der Waals surface area contributed by atoms with Gasteiger partial charge in [-0.2, -0.15) is 0 Å². The summed E-state index contributed by atoms with van der Waals surface area (Å²) in [6.45, 7) is 2.28. The molecule has 0 bridgehead atoms. The van der Waals surface area contributed by atoms with Crippen molar-refractivity contribution in [3.05, 3.63) is 46.1 Å². The number of nitrogens with two attached hydrogens (primary N) is 1. The van der Waals surface area contributed by atoms with E-state index in [4.69, 9.17) is 5.73 Å². The van der Waals surface area contributed by atoms with Gasteiger partial charge in [0.1, 0.15) is 11.3 Å². The summed E-state index contributed by atoms with van der Waals surface area (Å²) in [5, 5.41) is 0. The number of unbranched alkanes of at least 4 members (excludes halogenated alkanes) is 1. The largest absolute Gasteiger partial charge is 0.469 e. The zero-order chi connectivity index (χ0) is 23.3. The number of carbonyl (C=O) groups excluding carboxylic acids is 1. The topological polar surface area (TPSA) is 162 Å². The third-order valence-corrected chi connectivity index (χ3v) is 6.42. The minimum Gasteiger partial charge on any atom is -0.469 e. The second kappa shape index (κ2) is 9.92. The van der Waals surface area contributed by atoms with Crippen LogP contribution in [0.3, 0.4) is 0 Å². The number of H-pyrrole nitrogens is 1. The molecular weight excluding hydrogens is 436 g/mol. The van der Waals surface area contributed by atoms with E-state index < -0.39 is 10.0 Å². The Labute approximate surface area is 185 Å². The summed E-state index contributed by atoms with van der Waals surface area (Å²) in [5.41, 5.74) is 7.18. The molecule has 0 saturated carbocycles. The Kier molecular flexibility index (Phi) is 7.26. The number of nitrogen functional groups attached to an aromatic ring is 1. The van der Waals surface area contributed by atoms with Crippen molar-refractivity contribution >= 4 is 33.0 Å². The molecule has 12 heteroatoms. The highest BCUT2D eigenvalue weighted by Crippen LogP contribution is 2.15. The van der Waals surface area contributed by atoms with Gasteiger partial charge in [-0.05, 0) is 43.9 Å². The molecule has 1 aromatic carbocycles. The van der Waals surface area contributed by atoms with Crippen LogP contribution in [0.4, 0.5) is 5.82 Å². The number of ether oxygens (including phenoxy) is 1. The molecule has 0 fully saturated rings. The number of carbonyl (C=O) groups is 1. The van der Waals surface area contributed by atoms with E-state index in [2.05, 4.69) is 24.4 Å². The Morgan fingerprint density at radius 3 is 2.62 bits per heavy atom. The fraction of sp³-hybridized carbons (Fsp3) is 0.400. The van der Waals surface area contributed by atoms with Crippen molar-refractivity contribution in [3.8, 4) is 0 Å². The number of benzene rings is 1. The fourth-order valence-electron chi connectivity index (χ4n) is 3.24. The lowest BCUT2D eigenvalue weighted by atomic mass is 10.1. The van der Waals surface area contributed by atoms with Gasteiger partial charge in [-0.15, -0.1) is 0 Å². The molecule has 0 saturated heterocycles. The molecule has 2 aromatic heterocycles. The molecule has 0 unspecified atom stereocenters. The first-order valence-electron chi connectivity index (χ1n) is 10.1. The number of anilines is 1. The number of sulfonamides is 1. The van der Waals surface area contributed by atoms with Gasteiger partial charge in [0.15, 0.2) is 11.5 Å². The lowest BCUT2D eigenvalue weighted by Crippen LogP contribution is -2.25. The van der Waals surface area contributed by atoms with Crippen molar-refractivity contribution in [3.63, 3.8) is 0 Å². The third kappa shape index (κ3) is 5.51. The number of nitrogens with zero attached hydrogens (tertiary/aromatic N) is 3. The van der Waals surface area contributed by atoms with Gasteiger partial charge < -0.3 is 15.5 Å². The average molecular weight is 463 g/mol. The SMILES string of the molecule is COC(=O)CCc1ccc(S(=O)(=O)NCCCCn2c(=O)[nH]c3c(N)nc(C)nc32)cc1. The Bertz CT molecular complexity index is 1260. The number of methoxy groups -OCH3 is 1. The number of aryl methyl sites for hydroxylation is 3. The first-order chi connectivity index (χ1) is 15.2. The van der Waals surface area contributed by atoms with Gasteiger partial charge in [0.2, 0.25) is 10.0 Å². The molecule has 0 aliphatic rings. The lowest BCUT2D eigenvalue weighted by molar-refractivity contribution is -0.140. The first kappa shape index (κ1) is 23.4.